The SMILES string of the molecule is COC(=O)c1ccn(-c2cc(-c3cccs3)cc(-n3ccc(C(=O)OC)n3)n2)n1. The molecule has 0 aliphatic rings. The van der Waals surface area contributed by atoms with Gasteiger partial charge in [-0.3, -0.25) is 0 Å². The number of carbonyl (C=O) groups is 2. The van der Waals surface area contributed by atoms with Gasteiger partial charge in [0.05, 0.1) is 14.2 Å². The van der Waals surface area contributed by atoms with Crippen molar-refractivity contribution < 1.29 is 19.1 Å². The van der Waals surface area contributed by atoms with Crippen LogP contribution < -0.4 is 0 Å². The summed E-state index contributed by atoms with van der Waals surface area (Å²) < 4.78 is 12.4. The van der Waals surface area contributed by atoms with Crippen molar-refractivity contribution in [2.45, 2.75) is 0 Å². The first-order valence-electron chi connectivity index (χ1n) is 8.43. The topological polar surface area (TPSA) is 101 Å². The first kappa shape index (κ1) is 18.6. The van der Waals surface area contributed by atoms with Crippen molar-refractivity contribution in [2.75, 3.05) is 14.2 Å². The van der Waals surface area contributed by atoms with Gasteiger partial charge in [0, 0.05) is 17.3 Å². The van der Waals surface area contributed by atoms with Crippen LogP contribution in [0.2, 0.25) is 0 Å². The van der Waals surface area contributed by atoms with Crippen molar-refractivity contribution >= 4 is 23.3 Å². The molecule has 146 valence electrons. The summed E-state index contributed by atoms with van der Waals surface area (Å²) in [6.07, 6.45) is 3.25. The molecule has 0 fully saturated rings. The van der Waals surface area contributed by atoms with Gasteiger partial charge in [-0.25, -0.2) is 23.9 Å². The lowest BCUT2D eigenvalue weighted by atomic mass is 10.2. The summed E-state index contributed by atoms with van der Waals surface area (Å²) >= 11 is 1.58. The third kappa shape index (κ3) is 3.65. The first-order chi connectivity index (χ1) is 14.1. The molecule has 29 heavy (non-hydrogen) atoms. The summed E-state index contributed by atoms with van der Waals surface area (Å²) in [7, 11) is 2.59. The van der Waals surface area contributed by atoms with Crippen LogP contribution in [0.15, 0.2) is 54.2 Å². The van der Waals surface area contributed by atoms with Crippen LogP contribution in [0.3, 0.4) is 0 Å². The monoisotopic (exact) mass is 409 g/mol. The lowest BCUT2D eigenvalue weighted by Gasteiger charge is -2.08. The van der Waals surface area contributed by atoms with Crippen LogP contribution in [0.5, 0.6) is 0 Å². The number of esters is 2. The Morgan fingerprint density at radius 1 is 0.897 bits per heavy atom. The lowest BCUT2D eigenvalue weighted by Crippen LogP contribution is -2.08. The Balaban J connectivity index is 1.81. The maximum Gasteiger partial charge on any atom is 0.358 e. The fourth-order valence-electron chi connectivity index (χ4n) is 2.65. The number of rotatable bonds is 5. The van der Waals surface area contributed by atoms with Crippen molar-refractivity contribution in [3.8, 4) is 22.1 Å². The van der Waals surface area contributed by atoms with E-state index in [4.69, 9.17) is 9.47 Å². The van der Waals surface area contributed by atoms with Crippen molar-refractivity contribution in [2.24, 2.45) is 0 Å². The average molecular weight is 409 g/mol. The van der Waals surface area contributed by atoms with Crippen molar-refractivity contribution in [3.63, 3.8) is 0 Å². The van der Waals surface area contributed by atoms with Crippen LogP contribution in [-0.4, -0.2) is 50.7 Å². The number of aromatic nitrogens is 5. The van der Waals surface area contributed by atoms with E-state index in [1.165, 1.54) is 23.6 Å². The molecular formula is C19H15N5O4S. The van der Waals surface area contributed by atoms with E-state index in [9.17, 15) is 9.59 Å². The van der Waals surface area contributed by atoms with Gasteiger partial charge in [0.25, 0.3) is 0 Å². The Bertz CT molecular complexity index is 1110. The van der Waals surface area contributed by atoms with Gasteiger partial charge < -0.3 is 9.47 Å². The van der Waals surface area contributed by atoms with Crippen molar-refractivity contribution in [1.82, 2.24) is 24.5 Å². The van der Waals surface area contributed by atoms with E-state index in [2.05, 4.69) is 15.2 Å². The number of ether oxygens (including phenoxy) is 2. The Morgan fingerprint density at radius 2 is 1.45 bits per heavy atom. The van der Waals surface area contributed by atoms with Crippen LogP contribution >= 0.6 is 11.3 Å². The van der Waals surface area contributed by atoms with E-state index in [0.29, 0.717) is 11.6 Å². The molecule has 0 atom stereocenters. The predicted molar refractivity (Wildman–Crippen MR) is 104 cm³/mol. The molecule has 9 nitrogen and oxygen atoms in total. The van der Waals surface area contributed by atoms with Gasteiger partial charge in [0.1, 0.15) is 0 Å². The summed E-state index contributed by atoms with van der Waals surface area (Å²) in [5.74, 6) is -0.103. The van der Waals surface area contributed by atoms with Crippen LogP contribution in [0.4, 0.5) is 0 Å². The summed E-state index contributed by atoms with van der Waals surface area (Å²) in [4.78, 5) is 29.0. The number of hydrogen-bond donors (Lipinski definition) is 0. The first-order valence-corrected chi connectivity index (χ1v) is 9.31. The smallest absolute Gasteiger partial charge is 0.358 e. The van der Waals surface area contributed by atoms with Crippen molar-refractivity contribution in [3.05, 3.63) is 65.6 Å². The number of carbonyl (C=O) groups excluding carboxylic acids is 2. The number of hydrogen-bond acceptors (Lipinski definition) is 8. The van der Waals surface area contributed by atoms with Gasteiger partial charge >= 0.3 is 11.9 Å². The zero-order valence-corrected chi connectivity index (χ0v) is 16.3. The molecule has 0 aliphatic carbocycles. The number of thiophene rings is 1. The fourth-order valence-corrected chi connectivity index (χ4v) is 3.37. The van der Waals surface area contributed by atoms with Gasteiger partial charge in [0.15, 0.2) is 23.0 Å². The third-order valence-corrected chi connectivity index (χ3v) is 4.96. The van der Waals surface area contributed by atoms with Gasteiger partial charge in [-0.2, -0.15) is 10.2 Å². The van der Waals surface area contributed by atoms with E-state index >= 15 is 0 Å². The predicted octanol–water partition coefficient (Wildman–Crippen LogP) is 2.75. The van der Waals surface area contributed by atoms with Crippen LogP contribution in [0.25, 0.3) is 22.1 Å². The minimum absolute atomic E-state index is 0.171. The second-order valence-corrected chi connectivity index (χ2v) is 6.77. The standard InChI is InChI=1S/C19H15N5O4S/c1-27-18(25)13-5-7-23(21-13)16-10-12(15-4-3-9-29-15)11-17(20-16)24-8-6-14(22-24)19(26)28-2/h3-11H,1-2H3. The molecule has 4 aromatic rings. The molecule has 0 aliphatic heterocycles. The Hall–Kier alpha value is -3.79. The Morgan fingerprint density at radius 3 is 1.90 bits per heavy atom. The maximum absolute atomic E-state index is 11.7. The molecule has 4 aromatic heterocycles. The summed E-state index contributed by atoms with van der Waals surface area (Å²) in [6, 6.07) is 10.7. The van der Waals surface area contributed by atoms with E-state index in [-0.39, 0.29) is 11.4 Å². The molecule has 0 amide bonds. The van der Waals surface area contributed by atoms with Gasteiger partial charge in [-0.15, -0.1) is 11.3 Å². The second-order valence-electron chi connectivity index (χ2n) is 5.82. The van der Waals surface area contributed by atoms with Crippen LogP contribution in [-0.2, 0) is 9.47 Å². The van der Waals surface area contributed by atoms with E-state index < -0.39 is 11.9 Å². The molecule has 10 heteroatoms. The average Bonchev–Trinajstić information content (AvgIpc) is 3.52. The highest BCUT2D eigenvalue weighted by Gasteiger charge is 2.15. The summed E-state index contributed by atoms with van der Waals surface area (Å²) in [5.41, 5.74) is 1.24. The summed E-state index contributed by atoms with van der Waals surface area (Å²) in [6.45, 7) is 0. The van der Waals surface area contributed by atoms with Crippen molar-refractivity contribution in [1.29, 1.82) is 0 Å². The molecule has 0 aromatic carbocycles. The highest BCUT2D eigenvalue weighted by atomic mass is 32.1. The molecule has 0 saturated heterocycles. The normalized spacial score (nSPS) is 10.7. The Labute approximate surface area is 169 Å². The fraction of sp³-hybridized carbons (Fsp3) is 0.105. The summed E-state index contributed by atoms with van der Waals surface area (Å²) in [5, 5.41) is 10.4. The van der Waals surface area contributed by atoms with E-state index in [1.54, 1.807) is 35.9 Å². The quantitative estimate of drug-likeness (QED) is 0.467. The Kier molecular flexibility index (Phi) is 4.92. The number of nitrogens with zero attached hydrogens (tertiary/aromatic N) is 5. The van der Waals surface area contributed by atoms with Gasteiger partial charge in [-0.05, 0) is 41.3 Å². The minimum atomic E-state index is -0.534. The highest BCUT2D eigenvalue weighted by Crippen LogP contribution is 2.27. The molecule has 0 saturated carbocycles. The molecule has 4 heterocycles. The zero-order chi connectivity index (χ0) is 20.4. The van der Waals surface area contributed by atoms with Gasteiger partial charge in [-0.1, -0.05) is 6.07 Å². The minimum Gasteiger partial charge on any atom is -0.464 e. The molecule has 0 unspecified atom stereocenters. The maximum atomic E-state index is 11.7. The molecule has 0 bridgehead atoms. The van der Waals surface area contributed by atoms with Gasteiger partial charge in [0.2, 0.25) is 0 Å². The molecule has 0 N–H and O–H groups in total. The molecular weight excluding hydrogens is 394 g/mol. The number of methoxy groups -OCH3 is 2. The second kappa shape index (κ2) is 7.68. The van der Waals surface area contributed by atoms with E-state index in [0.717, 1.165) is 10.4 Å². The largest absolute Gasteiger partial charge is 0.464 e. The lowest BCUT2D eigenvalue weighted by molar-refractivity contribution is 0.0585. The third-order valence-electron chi connectivity index (χ3n) is 4.04. The number of pyridine rings is 1. The molecule has 0 radical (unpaired) electrons. The van der Waals surface area contributed by atoms with Crippen LogP contribution in [0.1, 0.15) is 21.0 Å². The highest BCUT2D eigenvalue weighted by molar-refractivity contribution is 7.13. The molecule has 0 spiro atoms. The molecule has 4 rings (SSSR count). The van der Waals surface area contributed by atoms with Crippen LogP contribution in [0, 0.1) is 0 Å². The zero-order valence-electron chi connectivity index (χ0n) is 15.5. The van der Waals surface area contributed by atoms with E-state index in [1.807, 2.05) is 29.6 Å².